The molecule has 5 heteroatoms. The van der Waals surface area contributed by atoms with E-state index in [1.54, 1.807) is 23.1 Å². The number of hydroxylamine groups is 2. The first-order valence-electron chi connectivity index (χ1n) is 4.83. The lowest BCUT2D eigenvalue weighted by molar-refractivity contribution is -0.155. The number of fused-ring (bicyclic) bond motifs is 1. The van der Waals surface area contributed by atoms with E-state index in [-0.39, 0.29) is 5.91 Å². The van der Waals surface area contributed by atoms with E-state index >= 15 is 0 Å². The normalized spacial score (nSPS) is 19.4. The number of carbonyl (C=O) groups is 1. The van der Waals surface area contributed by atoms with Crippen LogP contribution in [0.1, 0.15) is 4.88 Å². The van der Waals surface area contributed by atoms with Crippen LogP contribution >= 0.6 is 23.1 Å². The molecule has 3 heterocycles. The summed E-state index contributed by atoms with van der Waals surface area (Å²) in [6, 6.07) is 3.93. The molecule has 3 nitrogen and oxygen atoms in total. The average molecular weight is 251 g/mol. The second-order valence-corrected chi connectivity index (χ2v) is 5.34. The Hall–Kier alpha value is -1.04. The van der Waals surface area contributed by atoms with Gasteiger partial charge in [0.15, 0.2) is 0 Å². The number of hydrogen-bond donors (Lipinski definition) is 0. The van der Waals surface area contributed by atoms with Gasteiger partial charge in [0.25, 0.3) is 5.91 Å². The predicted molar refractivity (Wildman–Crippen MR) is 65.6 cm³/mol. The van der Waals surface area contributed by atoms with Gasteiger partial charge in [0.1, 0.15) is 0 Å². The van der Waals surface area contributed by atoms with E-state index in [1.165, 1.54) is 12.2 Å². The first-order valence-corrected chi connectivity index (χ1v) is 6.69. The highest BCUT2D eigenvalue weighted by Crippen LogP contribution is 2.46. The lowest BCUT2D eigenvalue weighted by Crippen LogP contribution is -2.23. The Kier molecular flexibility index (Phi) is 2.38. The molecule has 1 amide bonds. The molecule has 0 aromatic carbocycles. The Labute approximate surface area is 101 Å². The number of hydrogen-bond acceptors (Lipinski definition) is 4. The zero-order valence-corrected chi connectivity index (χ0v) is 10.2. The summed E-state index contributed by atoms with van der Waals surface area (Å²) in [7, 11) is 1.52. The number of thiophene rings is 1. The molecule has 0 N–H and O–H groups in total. The van der Waals surface area contributed by atoms with Crippen molar-refractivity contribution in [1.82, 2.24) is 5.06 Å². The average Bonchev–Trinajstić information content (AvgIpc) is 2.93. The van der Waals surface area contributed by atoms with Crippen molar-refractivity contribution < 1.29 is 9.63 Å². The molecule has 2 aliphatic rings. The number of rotatable bonds is 2. The van der Waals surface area contributed by atoms with Gasteiger partial charge in [0.05, 0.1) is 18.4 Å². The lowest BCUT2D eigenvalue weighted by Gasteiger charge is -2.13. The fraction of sp³-hybridized carbons (Fsp3) is 0.182. The fourth-order valence-corrected chi connectivity index (χ4v) is 3.77. The highest BCUT2D eigenvalue weighted by atomic mass is 32.2. The summed E-state index contributed by atoms with van der Waals surface area (Å²) in [6.45, 7) is 0. The number of amides is 1. The van der Waals surface area contributed by atoms with Crippen molar-refractivity contribution in [1.29, 1.82) is 0 Å². The molecule has 0 saturated carbocycles. The van der Waals surface area contributed by atoms with Gasteiger partial charge in [-0.25, -0.2) is 0 Å². The fourth-order valence-electron chi connectivity index (χ4n) is 1.87. The van der Waals surface area contributed by atoms with Crippen molar-refractivity contribution in [3.05, 3.63) is 39.1 Å². The molecule has 0 aliphatic carbocycles. The molecule has 2 aliphatic heterocycles. The molecule has 0 radical (unpaired) electrons. The lowest BCUT2D eigenvalue weighted by atomic mass is 10.2. The van der Waals surface area contributed by atoms with Crippen LogP contribution in [0.15, 0.2) is 34.2 Å². The van der Waals surface area contributed by atoms with Crippen molar-refractivity contribution in [3.8, 4) is 0 Å². The summed E-state index contributed by atoms with van der Waals surface area (Å²) in [5, 5.41) is 3.36. The second kappa shape index (κ2) is 3.76. The van der Waals surface area contributed by atoms with Gasteiger partial charge in [-0.3, -0.25) is 9.63 Å². The Bertz CT molecular complexity index is 502. The van der Waals surface area contributed by atoms with Crippen molar-refractivity contribution in [2.45, 2.75) is 0 Å². The Morgan fingerprint density at radius 1 is 1.50 bits per heavy atom. The third-order valence-corrected chi connectivity index (χ3v) is 4.45. The summed E-state index contributed by atoms with van der Waals surface area (Å²) >= 11 is 3.28. The van der Waals surface area contributed by atoms with Crippen molar-refractivity contribution >= 4 is 34.6 Å². The molecule has 0 spiro atoms. The van der Waals surface area contributed by atoms with E-state index in [0.29, 0.717) is 0 Å². The highest BCUT2D eigenvalue weighted by Gasteiger charge is 2.38. The van der Waals surface area contributed by atoms with Crippen LogP contribution in [0.5, 0.6) is 0 Å². The minimum Gasteiger partial charge on any atom is -0.269 e. The summed E-state index contributed by atoms with van der Waals surface area (Å²) in [5.41, 5.74) is 1.69. The van der Waals surface area contributed by atoms with Crippen LogP contribution < -0.4 is 0 Å². The van der Waals surface area contributed by atoms with E-state index in [4.69, 9.17) is 4.84 Å². The largest absolute Gasteiger partial charge is 0.284 e. The van der Waals surface area contributed by atoms with E-state index in [1.807, 2.05) is 23.6 Å². The van der Waals surface area contributed by atoms with Gasteiger partial charge in [-0.1, -0.05) is 6.07 Å². The van der Waals surface area contributed by atoms with Gasteiger partial charge in [-0.2, -0.15) is 5.06 Å². The van der Waals surface area contributed by atoms with Crippen LogP contribution in [0.25, 0.3) is 5.57 Å². The molecular weight excluding hydrogens is 242 g/mol. The number of carbonyl (C=O) groups excluding carboxylic acids is 1. The summed E-state index contributed by atoms with van der Waals surface area (Å²) in [4.78, 5) is 19.3. The quantitative estimate of drug-likeness (QED) is 0.809. The van der Waals surface area contributed by atoms with E-state index in [9.17, 15) is 4.79 Å². The van der Waals surface area contributed by atoms with E-state index in [2.05, 4.69) is 0 Å². The van der Waals surface area contributed by atoms with E-state index in [0.717, 1.165) is 26.8 Å². The SMILES string of the molecule is CON1C(=O)C(c2cccs2)=C2SCC=C21. The standard InChI is InChI=1S/C11H9NO2S2/c1-14-12-7-4-6-16-10(7)9(11(12)13)8-3-2-5-15-8/h2-5H,6H2,1H3. The smallest absolute Gasteiger partial charge is 0.269 e. The Morgan fingerprint density at radius 3 is 3.06 bits per heavy atom. The summed E-state index contributed by atoms with van der Waals surface area (Å²) < 4.78 is 0. The molecule has 82 valence electrons. The third kappa shape index (κ3) is 1.29. The minimum absolute atomic E-state index is 0.0570. The number of nitrogens with zero attached hydrogens (tertiary/aromatic N) is 1. The zero-order chi connectivity index (χ0) is 11.1. The van der Waals surface area contributed by atoms with Gasteiger partial charge in [-0.15, -0.1) is 23.1 Å². The number of thioether (sulfide) groups is 1. The van der Waals surface area contributed by atoms with Gasteiger partial charge in [0, 0.05) is 15.5 Å². The van der Waals surface area contributed by atoms with Gasteiger partial charge < -0.3 is 0 Å². The molecule has 0 unspecified atom stereocenters. The molecule has 16 heavy (non-hydrogen) atoms. The second-order valence-electron chi connectivity index (χ2n) is 3.36. The monoisotopic (exact) mass is 251 g/mol. The maximum atomic E-state index is 12.1. The molecule has 0 bridgehead atoms. The Balaban J connectivity index is 2.14. The first kappa shape index (κ1) is 10.1. The topological polar surface area (TPSA) is 29.5 Å². The molecule has 1 aromatic heterocycles. The van der Waals surface area contributed by atoms with Crippen LogP contribution in [-0.2, 0) is 9.63 Å². The van der Waals surface area contributed by atoms with Crippen molar-refractivity contribution in [3.63, 3.8) is 0 Å². The summed E-state index contributed by atoms with van der Waals surface area (Å²) in [5.74, 6) is 0.852. The van der Waals surface area contributed by atoms with Gasteiger partial charge >= 0.3 is 0 Å². The van der Waals surface area contributed by atoms with Crippen molar-refractivity contribution in [2.75, 3.05) is 12.9 Å². The van der Waals surface area contributed by atoms with Crippen LogP contribution in [0.3, 0.4) is 0 Å². The highest BCUT2D eigenvalue weighted by molar-refractivity contribution is 8.04. The molecule has 0 saturated heterocycles. The Morgan fingerprint density at radius 2 is 2.38 bits per heavy atom. The third-order valence-electron chi connectivity index (χ3n) is 2.53. The maximum absolute atomic E-state index is 12.1. The molecule has 0 atom stereocenters. The maximum Gasteiger partial charge on any atom is 0.284 e. The van der Waals surface area contributed by atoms with E-state index < -0.39 is 0 Å². The van der Waals surface area contributed by atoms with Crippen molar-refractivity contribution in [2.24, 2.45) is 0 Å². The zero-order valence-electron chi connectivity index (χ0n) is 8.60. The minimum atomic E-state index is -0.0570. The predicted octanol–water partition coefficient (Wildman–Crippen LogP) is 2.49. The molecule has 3 rings (SSSR count). The van der Waals surface area contributed by atoms with Crippen LogP contribution in [0.4, 0.5) is 0 Å². The van der Waals surface area contributed by atoms with Crippen LogP contribution in [0, 0.1) is 0 Å². The molecule has 0 fully saturated rings. The van der Waals surface area contributed by atoms with Gasteiger partial charge in [-0.05, 0) is 17.5 Å². The summed E-state index contributed by atoms with van der Waals surface area (Å²) in [6.07, 6.45) is 2.03. The molecular formula is C11H9NO2S2. The van der Waals surface area contributed by atoms with Crippen LogP contribution in [-0.4, -0.2) is 23.8 Å². The van der Waals surface area contributed by atoms with Gasteiger partial charge in [0.2, 0.25) is 0 Å². The first-order chi connectivity index (χ1) is 7.83. The van der Waals surface area contributed by atoms with Crippen LogP contribution in [0.2, 0.25) is 0 Å². The molecule has 1 aromatic rings.